The fraction of sp³-hybridized carbons (Fsp3) is 0.583. The molecule has 0 aromatic carbocycles. The number of halogens is 1. The normalized spacial score (nSPS) is 29.1. The molecule has 100 valence electrons. The lowest BCUT2D eigenvalue weighted by Gasteiger charge is -2.20. The monoisotopic (exact) mass is 304 g/mol. The number of rotatable bonds is 3. The van der Waals surface area contributed by atoms with E-state index in [-0.39, 0.29) is 18.3 Å². The molecule has 3 nitrogen and oxygen atoms in total. The van der Waals surface area contributed by atoms with E-state index in [1.54, 1.807) is 23.1 Å². The Morgan fingerprint density at radius 3 is 2.89 bits per heavy atom. The summed E-state index contributed by atoms with van der Waals surface area (Å²) in [4.78, 5) is 12.9. The van der Waals surface area contributed by atoms with Crippen molar-refractivity contribution >= 4 is 41.4 Å². The van der Waals surface area contributed by atoms with Crippen molar-refractivity contribution in [1.29, 1.82) is 0 Å². The molecule has 3 atom stereocenters. The quantitative estimate of drug-likeness (QED) is 0.843. The van der Waals surface area contributed by atoms with Gasteiger partial charge in [0.1, 0.15) is 0 Å². The summed E-state index contributed by atoms with van der Waals surface area (Å²) in [6, 6.07) is 5.41. The van der Waals surface area contributed by atoms with Crippen molar-refractivity contribution in [3.63, 3.8) is 0 Å². The third-order valence-electron chi connectivity index (χ3n) is 3.62. The van der Waals surface area contributed by atoms with Crippen molar-refractivity contribution in [3.8, 4) is 0 Å². The Bertz CT molecular complexity index is 437. The summed E-state index contributed by atoms with van der Waals surface area (Å²) in [5, 5.41) is 6.70. The van der Waals surface area contributed by atoms with Gasteiger partial charge in [-0.05, 0) is 37.7 Å². The van der Waals surface area contributed by atoms with Gasteiger partial charge in [0.25, 0.3) is 5.91 Å². The van der Waals surface area contributed by atoms with E-state index in [2.05, 4.69) is 10.6 Å². The molecule has 0 saturated carbocycles. The SMILES string of the molecule is CSc1ccc(C(=O)N[C@@H]2C[C@H]3CC[C@@H]2N3)s1.Cl. The molecule has 0 spiro atoms. The molecule has 6 heteroatoms. The molecule has 2 aliphatic heterocycles. The molecule has 3 rings (SSSR count). The van der Waals surface area contributed by atoms with E-state index in [1.807, 2.05) is 18.4 Å². The Morgan fingerprint density at radius 2 is 2.33 bits per heavy atom. The van der Waals surface area contributed by atoms with E-state index in [0.29, 0.717) is 18.1 Å². The molecule has 0 unspecified atom stereocenters. The lowest BCUT2D eigenvalue weighted by Crippen LogP contribution is -2.42. The first kappa shape index (κ1) is 14.2. The van der Waals surface area contributed by atoms with Gasteiger partial charge in [-0.1, -0.05) is 0 Å². The zero-order chi connectivity index (χ0) is 11.8. The predicted octanol–water partition coefficient (Wildman–Crippen LogP) is 2.51. The molecule has 0 radical (unpaired) electrons. The fourth-order valence-corrected chi connectivity index (χ4v) is 4.22. The minimum absolute atomic E-state index is 0. The summed E-state index contributed by atoms with van der Waals surface area (Å²) >= 11 is 3.26. The Kier molecular flexibility index (Phi) is 4.59. The number of carbonyl (C=O) groups is 1. The minimum Gasteiger partial charge on any atom is -0.347 e. The van der Waals surface area contributed by atoms with E-state index >= 15 is 0 Å². The van der Waals surface area contributed by atoms with Crippen LogP contribution >= 0.6 is 35.5 Å². The molecule has 1 aromatic heterocycles. The molecule has 2 bridgehead atoms. The summed E-state index contributed by atoms with van der Waals surface area (Å²) in [7, 11) is 0. The molecule has 2 aliphatic rings. The van der Waals surface area contributed by atoms with Gasteiger partial charge in [-0.3, -0.25) is 4.79 Å². The van der Waals surface area contributed by atoms with Gasteiger partial charge in [0.2, 0.25) is 0 Å². The van der Waals surface area contributed by atoms with E-state index in [1.165, 1.54) is 17.1 Å². The number of nitrogens with one attached hydrogen (secondary N) is 2. The summed E-state index contributed by atoms with van der Waals surface area (Å²) in [5.74, 6) is 0.0923. The van der Waals surface area contributed by atoms with Crippen LogP contribution in [-0.4, -0.2) is 30.3 Å². The Balaban J connectivity index is 0.00000120. The van der Waals surface area contributed by atoms with Crippen LogP contribution in [0.4, 0.5) is 0 Å². The van der Waals surface area contributed by atoms with Crippen molar-refractivity contribution in [1.82, 2.24) is 10.6 Å². The summed E-state index contributed by atoms with van der Waals surface area (Å²) < 4.78 is 1.20. The highest BCUT2D eigenvalue weighted by Gasteiger charge is 2.39. The molecule has 2 saturated heterocycles. The maximum Gasteiger partial charge on any atom is 0.261 e. The van der Waals surface area contributed by atoms with Gasteiger partial charge in [0.05, 0.1) is 9.09 Å². The summed E-state index contributed by atoms with van der Waals surface area (Å²) in [6.45, 7) is 0. The van der Waals surface area contributed by atoms with E-state index in [9.17, 15) is 4.79 Å². The molecule has 2 N–H and O–H groups in total. The van der Waals surface area contributed by atoms with Crippen LogP contribution in [0.5, 0.6) is 0 Å². The van der Waals surface area contributed by atoms with Crippen LogP contribution in [0.1, 0.15) is 28.9 Å². The van der Waals surface area contributed by atoms with Gasteiger partial charge >= 0.3 is 0 Å². The number of fused-ring (bicyclic) bond motifs is 2. The average molecular weight is 305 g/mol. The maximum atomic E-state index is 12.1. The standard InChI is InChI=1S/C12H16N2OS2.ClH/c1-16-11-5-4-10(17-11)12(15)14-9-6-7-2-3-8(9)13-7;/h4-5,7-9,13H,2-3,6H2,1H3,(H,14,15);1H/t7-,8+,9-;/m1./s1. The van der Waals surface area contributed by atoms with E-state index in [0.717, 1.165) is 11.3 Å². The van der Waals surface area contributed by atoms with E-state index < -0.39 is 0 Å². The Morgan fingerprint density at radius 1 is 1.50 bits per heavy atom. The minimum atomic E-state index is 0. The predicted molar refractivity (Wildman–Crippen MR) is 79.2 cm³/mol. The zero-order valence-corrected chi connectivity index (χ0v) is 12.6. The number of thiophene rings is 1. The lowest BCUT2D eigenvalue weighted by molar-refractivity contribution is 0.0935. The second-order valence-electron chi connectivity index (χ2n) is 4.69. The number of hydrogen-bond acceptors (Lipinski definition) is 4. The average Bonchev–Trinajstić information content (AvgIpc) is 3.04. The lowest BCUT2D eigenvalue weighted by atomic mass is 9.95. The van der Waals surface area contributed by atoms with Gasteiger partial charge in [0, 0.05) is 18.1 Å². The highest BCUT2D eigenvalue weighted by Crippen LogP contribution is 2.29. The Hall–Kier alpha value is -0.230. The smallest absolute Gasteiger partial charge is 0.261 e. The van der Waals surface area contributed by atoms with Gasteiger partial charge in [-0.15, -0.1) is 35.5 Å². The highest BCUT2D eigenvalue weighted by atomic mass is 35.5. The van der Waals surface area contributed by atoms with Crippen molar-refractivity contribution in [2.24, 2.45) is 0 Å². The summed E-state index contributed by atoms with van der Waals surface area (Å²) in [6.07, 6.45) is 5.60. The molecule has 2 fully saturated rings. The molecule has 18 heavy (non-hydrogen) atoms. The van der Waals surface area contributed by atoms with Crippen LogP contribution in [0.3, 0.4) is 0 Å². The molecule has 0 aliphatic carbocycles. The van der Waals surface area contributed by atoms with Crippen LogP contribution < -0.4 is 10.6 Å². The van der Waals surface area contributed by atoms with E-state index in [4.69, 9.17) is 0 Å². The van der Waals surface area contributed by atoms with Crippen LogP contribution in [0, 0.1) is 0 Å². The Labute approximate surface area is 122 Å². The van der Waals surface area contributed by atoms with Crippen molar-refractivity contribution in [2.45, 2.75) is 41.6 Å². The van der Waals surface area contributed by atoms with Crippen LogP contribution in [-0.2, 0) is 0 Å². The number of amides is 1. The number of hydrogen-bond donors (Lipinski definition) is 2. The fourth-order valence-electron chi connectivity index (χ4n) is 2.78. The molecule has 3 heterocycles. The van der Waals surface area contributed by atoms with Crippen molar-refractivity contribution in [3.05, 3.63) is 17.0 Å². The van der Waals surface area contributed by atoms with Crippen LogP contribution in [0.25, 0.3) is 0 Å². The molecular formula is C12H17ClN2OS2. The van der Waals surface area contributed by atoms with Gasteiger partial charge in [0.15, 0.2) is 0 Å². The number of carbonyl (C=O) groups excluding carboxylic acids is 1. The third kappa shape index (κ3) is 2.69. The second kappa shape index (κ2) is 5.82. The highest BCUT2D eigenvalue weighted by molar-refractivity contribution is 8.00. The third-order valence-corrected chi connectivity index (χ3v) is 5.79. The first-order valence-electron chi connectivity index (χ1n) is 5.97. The largest absolute Gasteiger partial charge is 0.347 e. The maximum absolute atomic E-state index is 12.1. The first-order chi connectivity index (χ1) is 8.26. The summed E-state index contributed by atoms with van der Waals surface area (Å²) in [5.41, 5.74) is 0. The first-order valence-corrected chi connectivity index (χ1v) is 8.01. The number of thioether (sulfide) groups is 1. The second-order valence-corrected chi connectivity index (χ2v) is 6.88. The van der Waals surface area contributed by atoms with Crippen LogP contribution in [0.2, 0.25) is 0 Å². The zero-order valence-electron chi connectivity index (χ0n) is 10.1. The molecule has 1 amide bonds. The van der Waals surface area contributed by atoms with Gasteiger partial charge < -0.3 is 10.6 Å². The van der Waals surface area contributed by atoms with Crippen molar-refractivity contribution < 1.29 is 4.79 Å². The van der Waals surface area contributed by atoms with Gasteiger partial charge in [-0.2, -0.15) is 0 Å². The van der Waals surface area contributed by atoms with Gasteiger partial charge in [-0.25, -0.2) is 0 Å². The van der Waals surface area contributed by atoms with Crippen molar-refractivity contribution in [2.75, 3.05) is 6.26 Å². The van der Waals surface area contributed by atoms with Crippen LogP contribution in [0.15, 0.2) is 16.3 Å². The molecular weight excluding hydrogens is 288 g/mol. The topological polar surface area (TPSA) is 41.1 Å². The molecule has 1 aromatic rings.